The topological polar surface area (TPSA) is 55.1 Å². The molecule has 0 aliphatic carbocycles. The number of nitrogens with zero attached hydrogens (tertiary/aromatic N) is 2. The number of carboxylic acid groups (broad SMARTS) is 1. The van der Waals surface area contributed by atoms with Crippen LogP contribution in [0.5, 0.6) is 0 Å². The first-order valence-corrected chi connectivity index (χ1v) is 4.48. The van der Waals surface area contributed by atoms with E-state index in [9.17, 15) is 4.79 Å². The summed E-state index contributed by atoms with van der Waals surface area (Å²) in [5.41, 5.74) is 2.22. The monoisotopic (exact) mass is 202 g/mol. The molecule has 15 heavy (non-hydrogen) atoms. The van der Waals surface area contributed by atoms with Gasteiger partial charge in [-0.25, -0.2) is 9.78 Å². The number of rotatable bonds is 2. The van der Waals surface area contributed by atoms with Crippen molar-refractivity contribution in [2.24, 2.45) is 7.05 Å². The number of aryl methyl sites for hydroxylation is 1. The molecule has 0 aliphatic heterocycles. The molecule has 0 atom stereocenters. The molecule has 1 aromatic heterocycles. The van der Waals surface area contributed by atoms with Crippen LogP contribution in [0.3, 0.4) is 0 Å². The van der Waals surface area contributed by atoms with Gasteiger partial charge in [-0.1, -0.05) is 12.1 Å². The lowest BCUT2D eigenvalue weighted by molar-refractivity contribution is 0.0697. The molecule has 1 aromatic carbocycles. The highest BCUT2D eigenvalue weighted by Crippen LogP contribution is 2.18. The van der Waals surface area contributed by atoms with Crippen LogP contribution >= 0.6 is 0 Å². The molecular formula is C11H10N2O2. The van der Waals surface area contributed by atoms with E-state index in [0.717, 1.165) is 11.3 Å². The van der Waals surface area contributed by atoms with Gasteiger partial charge in [-0.3, -0.25) is 0 Å². The van der Waals surface area contributed by atoms with Crippen molar-refractivity contribution in [3.05, 3.63) is 42.4 Å². The second-order valence-corrected chi connectivity index (χ2v) is 3.27. The summed E-state index contributed by atoms with van der Waals surface area (Å²) in [6, 6.07) is 6.73. The van der Waals surface area contributed by atoms with Crippen LogP contribution in [-0.2, 0) is 7.05 Å². The number of hydrogen-bond donors (Lipinski definition) is 1. The summed E-state index contributed by atoms with van der Waals surface area (Å²) < 4.78 is 1.88. The normalized spacial score (nSPS) is 10.2. The molecule has 2 rings (SSSR count). The van der Waals surface area contributed by atoms with E-state index in [4.69, 9.17) is 5.11 Å². The third-order valence-electron chi connectivity index (χ3n) is 2.24. The van der Waals surface area contributed by atoms with Gasteiger partial charge in [0, 0.05) is 7.05 Å². The fourth-order valence-electron chi connectivity index (χ4n) is 1.42. The zero-order valence-corrected chi connectivity index (χ0v) is 8.21. The fraction of sp³-hybridized carbons (Fsp3) is 0.0909. The smallest absolute Gasteiger partial charge is 0.335 e. The second-order valence-electron chi connectivity index (χ2n) is 3.27. The number of imidazole rings is 1. The molecule has 4 nitrogen and oxygen atoms in total. The minimum absolute atomic E-state index is 0.293. The first-order chi connectivity index (χ1) is 7.18. The van der Waals surface area contributed by atoms with Crippen LogP contribution in [0.2, 0.25) is 0 Å². The average Bonchev–Trinajstić information content (AvgIpc) is 2.65. The van der Waals surface area contributed by atoms with E-state index < -0.39 is 5.97 Å². The Hall–Kier alpha value is -2.10. The van der Waals surface area contributed by atoms with Gasteiger partial charge in [0.05, 0.1) is 23.8 Å². The lowest BCUT2D eigenvalue weighted by Crippen LogP contribution is -1.96. The van der Waals surface area contributed by atoms with Crippen molar-refractivity contribution in [1.82, 2.24) is 9.55 Å². The van der Waals surface area contributed by atoms with Crippen molar-refractivity contribution in [3.63, 3.8) is 0 Å². The summed E-state index contributed by atoms with van der Waals surface area (Å²) in [6.45, 7) is 0. The van der Waals surface area contributed by atoms with E-state index in [0.29, 0.717) is 5.56 Å². The van der Waals surface area contributed by atoms with Crippen molar-refractivity contribution in [1.29, 1.82) is 0 Å². The van der Waals surface area contributed by atoms with E-state index in [-0.39, 0.29) is 0 Å². The maximum absolute atomic E-state index is 10.6. The highest BCUT2D eigenvalue weighted by atomic mass is 16.4. The third-order valence-corrected chi connectivity index (χ3v) is 2.24. The summed E-state index contributed by atoms with van der Waals surface area (Å²) in [4.78, 5) is 14.7. The maximum atomic E-state index is 10.6. The first-order valence-electron chi connectivity index (χ1n) is 4.48. The lowest BCUT2D eigenvalue weighted by atomic mass is 10.1. The molecule has 0 fully saturated rings. The summed E-state index contributed by atoms with van der Waals surface area (Å²) >= 11 is 0. The Bertz CT molecular complexity index is 486. The lowest BCUT2D eigenvalue weighted by Gasteiger charge is -2.02. The highest BCUT2D eigenvalue weighted by Gasteiger charge is 2.04. The zero-order valence-electron chi connectivity index (χ0n) is 8.21. The Morgan fingerprint density at radius 2 is 2.00 bits per heavy atom. The van der Waals surface area contributed by atoms with Gasteiger partial charge in [-0.15, -0.1) is 0 Å². The molecule has 0 amide bonds. The van der Waals surface area contributed by atoms with Crippen LogP contribution in [0.15, 0.2) is 36.8 Å². The Balaban J connectivity index is 2.40. The summed E-state index contributed by atoms with van der Waals surface area (Å²) in [7, 11) is 1.90. The SMILES string of the molecule is Cn1cncc1-c1ccc(C(=O)O)cc1. The molecule has 0 aliphatic rings. The van der Waals surface area contributed by atoms with Gasteiger partial charge in [0.1, 0.15) is 0 Å². The van der Waals surface area contributed by atoms with Crippen LogP contribution < -0.4 is 0 Å². The quantitative estimate of drug-likeness (QED) is 0.807. The van der Waals surface area contributed by atoms with Gasteiger partial charge in [0.2, 0.25) is 0 Å². The minimum atomic E-state index is -0.911. The number of hydrogen-bond acceptors (Lipinski definition) is 2. The van der Waals surface area contributed by atoms with E-state index in [1.54, 1.807) is 36.8 Å². The molecule has 0 saturated carbocycles. The largest absolute Gasteiger partial charge is 0.478 e. The van der Waals surface area contributed by atoms with Crippen LogP contribution in [0, 0.1) is 0 Å². The van der Waals surface area contributed by atoms with Crippen molar-refractivity contribution in [2.45, 2.75) is 0 Å². The molecule has 4 heteroatoms. The Morgan fingerprint density at radius 1 is 1.33 bits per heavy atom. The molecule has 1 heterocycles. The van der Waals surface area contributed by atoms with E-state index in [2.05, 4.69) is 4.98 Å². The maximum Gasteiger partial charge on any atom is 0.335 e. The van der Waals surface area contributed by atoms with Crippen molar-refractivity contribution in [3.8, 4) is 11.3 Å². The molecule has 0 radical (unpaired) electrons. The fourth-order valence-corrected chi connectivity index (χ4v) is 1.42. The van der Waals surface area contributed by atoms with Crippen LogP contribution in [0.25, 0.3) is 11.3 Å². The second kappa shape index (κ2) is 3.57. The molecule has 0 spiro atoms. The Morgan fingerprint density at radius 3 is 2.47 bits per heavy atom. The average molecular weight is 202 g/mol. The number of aromatic nitrogens is 2. The zero-order chi connectivity index (χ0) is 10.8. The van der Waals surface area contributed by atoms with Crippen molar-refractivity contribution < 1.29 is 9.90 Å². The summed E-state index contributed by atoms with van der Waals surface area (Å²) in [5, 5.41) is 8.74. The summed E-state index contributed by atoms with van der Waals surface area (Å²) in [6.07, 6.45) is 3.45. The van der Waals surface area contributed by atoms with Gasteiger partial charge in [-0.2, -0.15) is 0 Å². The predicted octanol–water partition coefficient (Wildman–Crippen LogP) is 1.79. The minimum Gasteiger partial charge on any atom is -0.478 e. The van der Waals surface area contributed by atoms with E-state index >= 15 is 0 Å². The number of benzene rings is 1. The number of aromatic carboxylic acids is 1. The number of carboxylic acids is 1. The molecule has 0 unspecified atom stereocenters. The third kappa shape index (κ3) is 1.74. The Labute approximate surface area is 86.8 Å². The summed E-state index contributed by atoms with van der Waals surface area (Å²) in [5.74, 6) is -0.911. The predicted molar refractivity (Wildman–Crippen MR) is 55.6 cm³/mol. The van der Waals surface area contributed by atoms with Crippen LogP contribution in [-0.4, -0.2) is 20.6 Å². The van der Waals surface area contributed by atoms with Gasteiger partial charge in [0.25, 0.3) is 0 Å². The first kappa shape index (κ1) is 9.45. The van der Waals surface area contributed by atoms with Crippen LogP contribution in [0.4, 0.5) is 0 Å². The van der Waals surface area contributed by atoms with Gasteiger partial charge < -0.3 is 9.67 Å². The molecular weight excluding hydrogens is 192 g/mol. The van der Waals surface area contributed by atoms with Gasteiger partial charge >= 0.3 is 5.97 Å². The van der Waals surface area contributed by atoms with Crippen molar-refractivity contribution >= 4 is 5.97 Å². The van der Waals surface area contributed by atoms with E-state index in [1.165, 1.54) is 0 Å². The van der Waals surface area contributed by atoms with E-state index in [1.807, 2.05) is 11.6 Å². The Kier molecular flexibility index (Phi) is 2.25. The molecule has 76 valence electrons. The van der Waals surface area contributed by atoms with Crippen molar-refractivity contribution in [2.75, 3.05) is 0 Å². The molecule has 1 N–H and O–H groups in total. The number of carbonyl (C=O) groups is 1. The highest BCUT2D eigenvalue weighted by molar-refractivity contribution is 5.88. The van der Waals surface area contributed by atoms with Gasteiger partial charge in [-0.05, 0) is 17.7 Å². The molecule has 2 aromatic rings. The molecule has 0 bridgehead atoms. The molecule has 0 saturated heterocycles. The standard InChI is InChI=1S/C11H10N2O2/c1-13-7-12-6-10(13)8-2-4-9(5-3-8)11(14)15/h2-7H,1H3,(H,14,15). The van der Waals surface area contributed by atoms with Crippen LogP contribution in [0.1, 0.15) is 10.4 Å². The van der Waals surface area contributed by atoms with Gasteiger partial charge in [0.15, 0.2) is 0 Å².